The van der Waals surface area contributed by atoms with Gasteiger partial charge in [-0.3, -0.25) is 0 Å². The minimum absolute atomic E-state index is 0.201. The second-order valence-electron chi connectivity index (χ2n) is 4.48. The van der Waals surface area contributed by atoms with E-state index in [1.165, 1.54) is 18.2 Å². The molecule has 0 saturated heterocycles. The van der Waals surface area contributed by atoms with Crippen molar-refractivity contribution in [3.8, 4) is 5.75 Å². The fourth-order valence-corrected chi connectivity index (χ4v) is 1.79. The number of hydrogen-bond acceptors (Lipinski definition) is 4. The van der Waals surface area contributed by atoms with E-state index in [0.717, 1.165) is 17.3 Å². The molecule has 0 bridgehead atoms. The first-order valence-corrected chi connectivity index (χ1v) is 6.22. The lowest BCUT2D eigenvalue weighted by Crippen LogP contribution is -1.98. The molecule has 2 aromatic rings. The fourth-order valence-electron chi connectivity index (χ4n) is 1.79. The summed E-state index contributed by atoms with van der Waals surface area (Å²) >= 11 is 0. The Morgan fingerprint density at radius 3 is 2.81 bits per heavy atom. The fraction of sp³-hybridized carbons (Fsp3) is 0.200. The average molecular weight is 291 g/mol. The number of carbonyl (C=O) groups is 1. The molecule has 0 unspecified atom stereocenters. The van der Waals surface area contributed by atoms with Crippen molar-refractivity contribution in [3.05, 3.63) is 52.7 Å². The van der Waals surface area contributed by atoms with Gasteiger partial charge in [-0.2, -0.15) is 0 Å². The smallest absolute Gasteiger partial charge is 0.328 e. The molecule has 21 heavy (non-hydrogen) atoms. The first kappa shape index (κ1) is 14.8. The Morgan fingerprint density at radius 1 is 1.43 bits per heavy atom. The lowest BCUT2D eigenvalue weighted by atomic mass is 10.2. The van der Waals surface area contributed by atoms with E-state index < -0.39 is 11.8 Å². The van der Waals surface area contributed by atoms with Gasteiger partial charge in [-0.15, -0.1) is 0 Å². The second-order valence-corrected chi connectivity index (χ2v) is 4.48. The van der Waals surface area contributed by atoms with Gasteiger partial charge in [-0.05, 0) is 37.6 Å². The highest BCUT2D eigenvalue weighted by molar-refractivity contribution is 5.85. The van der Waals surface area contributed by atoms with Crippen LogP contribution < -0.4 is 4.74 Å². The highest BCUT2D eigenvalue weighted by Gasteiger charge is 2.10. The molecule has 0 fully saturated rings. The summed E-state index contributed by atoms with van der Waals surface area (Å²) in [5, 5.41) is 12.4. The maximum atomic E-state index is 13.5. The Balaban J connectivity index is 2.15. The molecular formula is C15H14FNO4. The Labute approximate surface area is 120 Å². The van der Waals surface area contributed by atoms with E-state index in [-0.39, 0.29) is 6.61 Å². The van der Waals surface area contributed by atoms with Crippen LogP contribution >= 0.6 is 0 Å². The number of carboxylic acids is 1. The zero-order valence-electron chi connectivity index (χ0n) is 11.6. The number of rotatable bonds is 5. The topological polar surface area (TPSA) is 72.6 Å². The van der Waals surface area contributed by atoms with Crippen LogP contribution in [0.5, 0.6) is 5.75 Å². The lowest BCUT2D eigenvalue weighted by Gasteiger charge is -2.07. The number of benzene rings is 1. The summed E-state index contributed by atoms with van der Waals surface area (Å²) in [6, 6.07) is 4.01. The summed E-state index contributed by atoms with van der Waals surface area (Å²) in [6.45, 7) is 3.76. The van der Waals surface area contributed by atoms with Gasteiger partial charge >= 0.3 is 5.97 Å². The van der Waals surface area contributed by atoms with E-state index in [1.807, 2.05) is 0 Å². The van der Waals surface area contributed by atoms with Crippen molar-refractivity contribution in [1.82, 2.24) is 5.16 Å². The van der Waals surface area contributed by atoms with Gasteiger partial charge in [0, 0.05) is 12.1 Å². The predicted octanol–water partition coefficient (Wildman–Crippen LogP) is 3.11. The van der Waals surface area contributed by atoms with E-state index in [2.05, 4.69) is 5.16 Å². The van der Waals surface area contributed by atoms with Gasteiger partial charge in [-0.1, -0.05) is 5.16 Å². The number of aliphatic carboxylic acids is 1. The molecule has 5 nitrogen and oxygen atoms in total. The van der Waals surface area contributed by atoms with Gasteiger partial charge in [0.05, 0.1) is 11.3 Å². The van der Waals surface area contributed by atoms with Crippen molar-refractivity contribution in [2.75, 3.05) is 0 Å². The van der Waals surface area contributed by atoms with Crippen molar-refractivity contribution >= 4 is 12.0 Å². The Bertz CT molecular complexity index is 671. The summed E-state index contributed by atoms with van der Waals surface area (Å²) in [5.74, 6) is -0.649. The van der Waals surface area contributed by atoms with Crippen molar-refractivity contribution in [2.24, 2.45) is 0 Å². The van der Waals surface area contributed by atoms with Gasteiger partial charge in [0.25, 0.3) is 0 Å². The van der Waals surface area contributed by atoms with Gasteiger partial charge in [0.15, 0.2) is 0 Å². The Kier molecular flexibility index (Phi) is 4.37. The van der Waals surface area contributed by atoms with E-state index in [0.29, 0.717) is 17.1 Å². The van der Waals surface area contributed by atoms with Crippen LogP contribution in [0.3, 0.4) is 0 Å². The third-order valence-electron chi connectivity index (χ3n) is 2.88. The zero-order valence-corrected chi connectivity index (χ0v) is 11.6. The third-order valence-corrected chi connectivity index (χ3v) is 2.88. The molecule has 110 valence electrons. The summed E-state index contributed by atoms with van der Waals surface area (Å²) in [5.41, 5.74) is 1.93. The van der Waals surface area contributed by atoms with Crippen LogP contribution in [0, 0.1) is 19.7 Å². The number of aromatic nitrogens is 1. The quantitative estimate of drug-likeness (QED) is 0.857. The summed E-state index contributed by atoms with van der Waals surface area (Å²) < 4.78 is 24.0. The van der Waals surface area contributed by atoms with Crippen LogP contribution in [0.2, 0.25) is 0 Å². The molecule has 6 heteroatoms. The first-order valence-electron chi connectivity index (χ1n) is 6.22. The van der Waals surface area contributed by atoms with Crippen molar-refractivity contribution in [1.29, 1.82) is 0 Å². The lowest BCUT2D eigenvalue weighted by molar-refractivity contribution is -0.131. The minimum Gasteiger partial charge on any atom is -0.489 e. The number of halogens is 1. The van der Waals surface area contributed by atoms with Crippen LogP contribution in [0.15, 0.2) is 28.8 Å². The molecule has 0 saturated carbocycles. The van der Waals surface area contributed by atoms with Crippen LogP contribution in [0.25, 0.3) is 6.08 Å². The number of ether oxygens (including phenoxy) is 1. The summed E-state index contributed by atoms with van der Waals surface area (Å²) in [7, 11) is 0. The molecule has 0 spiro atoms. The van der Waals surface area contributed by atoms with Crippen LogP contribution in [-0.4, -0.2) is 16.2 Å². The minimum atomic E-state index is -1.10. The number of carboxylic acid groups (broad SMARTS) is 1. The molecule has 2 rings (SSSR count). The summed E-state index contributed by atoms with van der Waals surface area (Å²) in [6.07, 6.45) is 2.24. The van der Waals surface area contributed by atoms with Crippen LogP contribution in [0.1, 0.15) is 22.6 Å². The highest BCUT2D eigenvalue weighted by Crippen LogP contribution is 2.20. The van der Waals surface area contributed by atoms with Crippen molar-refractivity contribution in [3.63, 3.8) is 0 Å². The summed E-state index contributed by atoms with van der Waals surface area (Å²) in [4.78, 5) is 10.5. The van der Waals surface area contributed by atoms with Crippen molar-refractivity contribution < 1.29 is 23.6 Å². The molecule has 1 aromatic heterocycles. The highest BCUT2D eigenvalue weighted by atomic mass is 19.1. The zero-order chi connectivity index (χ0) is 15.4. The van der Waals surface area contributed by atoms with Crippen molar-refractivity contribution in [2.45, 2.75) is 20.5 Å². The molecule has 0 aliphatic carbocycles. The average Bonchev–Trinajstić information content (AvgIpc) is 2.73. The maximum Gasteiger partial charge on any atom is 0.328 e. The van der Waals surface area contributed by atoms with E-state index in [9.17, 15) is 9.18 Å². The molecule has 0 amide bonds. The SMILES string of the molecule is Cc1noc(C)c1COc1cc(F)cc(/C=C/C(=O)O)c1. The molecule has 0 radical (unpaired) electrons. The normalized spacial score (nSPS) is 11.0. The Morgan fingerprint density at radius 2 is 2.19 bits per heavy atom. The molecule has 0 aliphatic rings. The molecular weight excluding hydrogens is 277 g/mol. The number of hydrogen-bond donors (Lipinski definition) is 1. The predicted molar refractivity (Wildman–Crippen MR) is 73.4 cm³/mol. The molecule has 0 aliphatic heterocycles. The van der Waals surface area contributed by atoms with Crippen LogP contribution in [-0.2, 0) is 11.4 Å². The Hall–Kier alpha value is -2.63. The van der Waals surface area contributed by atoms with Crippen LogP contribution in [0.4, 0.5) is 4.39 Å². The number of aryl methyl sites for hydroxylation is 2. The van der Waals surface area contributed by atoms with Gasteiger partial charge < -0.3 is 14.4 Å². The molecule has 1 aromatic carbocycles. The first-order chi connectivity index (χ1) is 9.95. The van der Waals surface area contributed by atoms with E-state index in [1.54, 1.807) is 19.9 Å². The second kappa shape index (κ2) is 6.21. The van der Waals surface area contributed by atoms with E-state index in [4.69, 9.17) is 14.4 Å². The third kappa shape index (κ3) is 3.92. The molecule has 1 N–H and O–H groups in total. The standard InChI is InChI=1S/C15H14FNO4/c1-9-14(10(2)21-17-9)8-20-13-6-11(3-4-15(18)19)5-12(16)7-13/h3-7H,8H2,1-2H3,(H,18,19)/b4-3+. The number of nitrogens with zero attached hydrogens (tertiary/aromatic N) is 1. The van der Waals surface area contributed by atoms with E-state index >= 15 is 0 Å². The largest absolute Gasteiger partial charge is 0.489 e. The van der Waals surface area contributed by atoms with Gasteiger partial charge in [0.2, 0.25) is 0 Å². The van der Waals surface area contributed by atoms with Gasteiger partial charge in [0.1, 0.15) is 23.9 Å². The van der Waals surface area contributed by atoms with Gasteiger partial charge in [-0.25, -0.2) is 9.18 Å². The maximum absolute atomic E-state index is 13.5. The molecule has 0 atom stereocenters. The molecule has 1 heterocycles. The monoisotopic (exact) mass is 291 g/mol.